The third-order valence-electron chi connectivity index (χ3n) is 6.22. The van der Waals surface area contributed by atoms with Crippen molar-refractivity contribution in [1.82, 2.24) is 15.5 Å². The molecule has 40 heavy (non-hydrogen) atoms. The van der Waals surface area contributed by atoms with Crippen LogP contribution in [0.3, 0.4) is 0 Å². The van der Waals surface area contributed by atoms with Crippen molar-refractivity contribution in [2.45, 2.75) is 50.0 Å². The minimum atomic E-state index is -5.12. The Bertz CT molecular complexity index is 1240. The van der Waals surface area contributed by atoms with Gasteiger partial charge in [-0.15, -0.1) is 24.8 Å². The van der Waals surface area contributed by atoms with Gasteiger partial charge in [-0.3, -0.25) is 10.1 Å². The van der Waals surface area contributed by atoms with E-state index in [1.54, 1.807) is 25.3 Å². The van der Waals surface area contributed by atoms with Crippen molar-refractivity contribution in [3.63, 3.8) is 0 Å². The molecule has 1 aliphatic carbocycles. The third kappa shape index (κ3) is 8.09. The summed E-state index contributed by atoms with van der Waals surface area (Å²) in [6.07, 6.45) is 1.41. The fraction of sp³-hybridized carbons (Fsp3) is 0.440. The van der Waals surface area contributed by atoms with Gasteiger partial charge in [-0.05, 0) is 56.5 Å². The Kier molecular flexibility index (Phi) is 10.8. The van der Waals surface area contributed by atoms with Gasteiger partial charge in [0, 0.05) is 11.6 Å². The molecule has 3 atom stereocenters. The number of alkyl halides is 4. The molecule has 1 aromatic carbocycles. The second kappa shape index (κ2) is 13.8. The lowest BCUT2D eigenvalue weighted by atomic mass is 9.94. The highest BCUT2D eigenvalue weighted by atomic mass is 35.5. The summed E-state index contributed by atoms with van der Waals surface area (Å²) in [5, 5.41) is 25.8. The molecule has 9 nitrogen and oxygen atoms in total. The normalized spacial score (nSPS) is 20.1. The molecule has 1 amide bonds. The zero-order valence-corrected chi connectivity index (χ0v) is 22.8. The molecule has 1 aliphatic heterocycles. The summed E-state index contributed by atoms with van der Waals surface area (Å²) in [6.45, 7) is 2.42. The van der Waals surface area contributed by atoms with Crippen molar-refractivity contribution < 1.29 is 27.1 Å². The quantitative estimate of drug-likeness (QED) is 0.0815. The van der Waals surface area contributed by atoms with E-state index >= 15 is 0 Å². The number of benzene rings is 1. The largest absolute Gasteiger partial charge is 0.573 e. The fourth-order valence-electron chi connectivity index (χ4n) is 4.31. The third-order valence-corrected chi connectivity index (χ3v) is 7.11. The summed E-state index contributed by atoms with van der Waals surface area (Å²) >= 11 is 12.4. The van der Waals surface area contributed by atoms with Crippen LogP contribution < -0.4 is 20.7 Å². The van der Waals surface area contributed by atoms with Crippen molar-refractivity contribution in [1.29, 1.82) is 10.7 Å². The molecule has 0 spiro atoms. The monoisotopic (exact) mass is 603 g/mol. The molecular weight excluding hydrogens is 577 g/mol. The van der Waals surface area contributed by atoms with Gasteiger partial charge in [0.2, 0.25) is 11.9 Å². The maximum Gasteiger partial charge on any atom is 0.573 e. The topological polar surface area (TPSA) is 126 Å². The van der Waals surface area contributed by atoms with Gasteiger partial charge in [-0.2, -0.15) is 5.26 Å². The first-order valence-electron chi connectivity index (χ1n) is 12.3. The van der Waals surface area contributed by atoms with Crippen molar-refractivity contribution in [2.24, 2.45) is 4.99 Å². The predicted molar refractivity (Wildman–Crippen MR) is 144 cm³/mol. The summed E-state index contributed by atoms with van der Waals surface area (Å²) in [6, 6.07) is 1.70. The Morgan fingerprint density at radius 1 is 1.40 bits per heavy atom. The van der Waals surface area contributed by atoms with E-state index in [-0.39, 0.29) is 37.1 Å². The molecular formula is C25H27Cl2F4N7O2. The lowest BCUT2D eigenvalue weighted by Crippen LogP contribution is -2.53. The summed E-state index contributed by atoms with van der Waals surface area (Å²) in [4.78, 5) is 19.1. The van der Waals surface area contributed by atoms with Crippen LogP contribution in [0.25, 0.3) is 0 Å². The zero-order chi connectivity index (χ0) is 29.4. The van der Waals surface area contributed by atoms with E-state index in [2.05, 4.69) is 25.7 Å². The smallest absolute Gasteiger partial charge is 0.403 e. The molecule has 0 bridgehead atoms. The Balaban J connectivity index is 1.93. The highest BCUT2D eigenvalue weighted by molar-refractivity contribution is 6.38. The minimum absolute atomic E-state index is 0.0473. The Morgan fingerprint density at radius 3 is 2.75 bits per heavy atom. The molecule has 0 aromatic heterocycles. The number of carbonyl (C=O) groups excluding carboxylic acids is 1. The van der Waals surface area contributed by atoms with Gasteiger partial charge >= 0.3 is 6.36 Å². The molecule has 1 aromatic rings. The predicted octanol–water partition coefficient (Wildman–Crippen LogP) is 4.61. The van der Waals surface area contributed by atoms with Gasteiger partial charge in [0.05, 0.1) is 35.4 Å². The van der Waals surface area contributed by atoms with Crippen LogP contribution in [0.15, 0.2) is 45.9 Å². The number of nitrogens with zero attached hydrogens (tertiary/aromatic N) is 3. The number of likely N-dealkylation sites (N-methyl/N-ethyl adjacent to an activating group) is 1. The van der Waals surface area contributed by atoms with E-state index in [0.717, 1.165) is 24.6 Å². The number of hydrogen-bond donors (Lipinski definition) is 4. The van der Waals surface area contributed by atoms with E-state index in [0.29, 0.717) is 23.6 Å². The van der Waals surface area contributed by atoms with Gasteiger partial charge in [0.25, 0.3) is 0 Å². The van der Waals surface area contributed by atoms with Crippen LogP contribution in [0.4, 0.5) is 23.2 Å². The number of anilines is 1. The number of aliphatic imine (C=N–C) groups is 1. The lowest BCUT2D eigenvalue weighted by Gasteiger charge is -2.34. The highest BCUT2D eigenvalue weighted by Crippen LogP contribution is 2.30. The summed E-state index contributed by atoms with van der Waals surface area (Å²) in [7, 11) is 0. The van der Waals surface area contributed by atoms with Crippen molar-refractivity contribution in [2.75, 3.05) is 25.0 Å². The first kappa shape index (κ1) is 31.2. The number of ether oxygens (including phenoxy) is 1. The SMILES string of the molecule is CCN(C(=O)[C@H]1CCCN1)C(CN=C(NC#N)Nc1cccc(OC(F)(F)F)c1F)C(=N)C1=CC=C(Cl)C(Cl)C1. The molecule has 15 heteroatoms. The van der Waals surface area contributed by atoms with Crippen LogP contribution in [-0.4, -0.2) is 65.9 Å². The standard InChI is InChI=1S/C25H27Cl2F4N7O2/c1-2-38(23(39)18-6-4-10-34-18)19(22(33)14-8-9-15(26)16(27)11-14)12-35-24(36-13-32)37-17-5-3-7-20(21(17)28)40-25(29,30)31/h3,5,7-9,16,18-19,33-34H,2,4,6,10-12H2,1H3,(H2,35,36,37)/t16?,18-,19?/m1/s1. The summed E-state index contributed by atoms with van der Waals surface area (Å²) < 4.78 is 56.3. The van der Waals surface area contributed by atoms with Gasteiger partial charge in [-0.1, -0.05) is 23.7 Å². The Morgan fingerprint density at radius 2 is 2.15 bits per heavy atom. The van der Waals surface area contributed by atoms with Crippen LogP contribution in [0.5, 0.6) is 5.75 Å². The van der Waals surface area contributed by atoms with Crippen molar-refractivity contribution in [3.8, 4) is 11.9 Å². The number of carbonyl (C=O) groups is 1. The van der Waals surface area contributed by atoms with Crippen molar-refractivity contribution >= 4 is 46.5 Å². The number of hydrogen-bond acceptors (Lipinski definition) is 6. The maximum atomic E-state index is 14.7. The Hall–Kier alpha value is -3.34. The molecule has 216 valence electrons. The molecule has 1 saturated heterocycles. The molecule has 4 N–H and O–H groups in total. The minimum Gasteiger partial charge on any atom is -0.403 e. The summed E-state index contributed by atoms with van der Waals surface area (Å²) in [5.74, 6) is -2.99. The fourth-order valence-corrected chi connectivity index (χ4v) is 4.69. The molecule has 0 saturated carbocycles. The molecule has 2 aliphatic rings. The number of amides is 1. The van der Waals surface area contributed by atoms with Crippen molar-refractivity contribution in [3.05, 3.63) is 46.8 Å². The average Bonchev–Trinajstić information content (AvgIpc) is 3.44. The van der Waals surface area contributed by atoms with E-state index in [1.165, 1.54) is 4.90 Å². The molecule has 1 fully saturated rings. The number of rotatable bonds is 9. The van der Waals surface area contributed by atoms with Crippen LogP contribution in [-0.2, 0) is 4.79 Å². The lowest BCUT2D eigenvalue weighted by molar-refractivity contribution is -0.275. The first-order valence-corrected chi connectivity index (χ1v) is 13.1. The molecule has 0 radical (unpaired) electrons. The van der Waals surface area contributed by atoms with Gasteiger partial charge in [-0.25, -0.2) is 9.38 Å². The van der Waals surface area contributed by atoms with E-state index in [4.69, 9.17) is 28.6 Å². The first-order chi connectivity index (χ1) is 18.9. The van der Waals surface area contributed by atoms with E-state index < -0.39 is 41.1 Å². The van der Waals surface area contributed by atoms with E-state index in [9.17, 15) is 27.6 Å². The second-order valence-electron chi connectivity index (χ2n) is 8.83. The van der Waals surface area contributed by atoms with Gasteiger partial charge < -0.3 is 25.7 Å². The average molecular weight is 604 g/mol. The van der Waals surface area contributed by atoms with E-state index in [1.807, 2.05) is 0 Å². The molecule has 2 unspecified atom stereocenters. The summed E-state index contributed by atoms with van der Waals surface area (Å²) in [5.41, 5.74) is 0.125. The highest BCUT2D eigenvalue weighted by Gasteiger charge is 2.35. The van der Waals surface area contributed by atoms with Crippen LogP contribution in [0.2, 0.25) is 0 Å². The van der Waals surface area contributed by atoms with Crippen LogP contribution >= 0.6 is 23.2 Å². The molecule has 1 heterocycles. The zero-order valence-electron chi connectivity index (χ0n) is 21.3. The van der Waals surface area contributed by atoms with Crippen LogP contribution in [0, 0.1) is 22.7 Å². The number of nitriles is 1. The number of allylic oxidation sites excluding steroid dienone is 3. The number of nitrogens with one attached hydrogen (secondary N) is 4. The van der Waals surface area contributed by atoms with Gasteiger partial charge in [0.15, 0.2) is 17.8 Å². The number of guanidine groups is 1. The van der Waals surface area contributed by atoms with Crippen LogP contribution in [0.1, 0.15) is 26.2 Å². The number of halogens is 6. The molecule has 3 rings (SSSR count). The van der Waals surface area contributed by atoms with Gasteiger partial charge in [0.1, 0.15) is 0 Å². The second-order valence-corrected chi connectivity index (χ2v) is 9.80. The Labute approximate surface area is 238 Å². The maximum absolute atomic E-state index is 14.7.